The van der Waals surface area contributed by atoms with Crippen LogP contribution in [0, 0.1) is 0 Å². The van der Waals surface area contributed by atoms with Crippen molar-refractivity contribution in [1.82, 2.24) is 10.0 Å². The lowest BCUT2D eigenvalue weighted by Gasteiger charge is -2.47. The number of carbonyl (C=O) groups excluding carboxylic acids is 4. The van der Waals surface area contributed by atoms with E-state index in [-0.39, 0.29) is 22.5 Å². The highest BCUT2D eigenvalue weighted by molar-refractivity contribution is 6.50. The normalized spacial score (nSPS) is 22.7. The van der Waals surface area contributed by atoms with Crippen molar-refractivity contribution >= 4 is 35.3 Å². The van der Waals surface area contributed by atoms with Gasteiger partial charge in [-0.1, -0.05) is 109 Å². The molecule has 4 heterocycles. The van der Waals surface area contributed by atoms with Gasteiger partial charge in [-0.05, 0) is 70.5 Å². The number of nitrogens with zero attached hydrogens (tertiary/aromatic N) is 4. The molecule has 60 heavy (non-hydrogen) atoms. The zero-order chi connectivity index (χ0) is 41.9. The van der Waals surface area contributed by atoms with Gasteiger partial charge in [-0.15, -0.1) is 0 Å². The number of rotatable bonds is 5. The van der Waals surface area contributed by atoms with Crippen LogP contribution in [0.3, 0.4) is 0 Å². The Morgan fingerprint density at radius 1 is 0.450 bits per heavy atom. The number of hydrogen-bond donors (Lipinski definition) is 0. The maximum Gasteiger partial charge on any atom is 0.356 e. The van der Waals surface area contributed by atoms with E-state index < -0.39 is 45.8 Å². The van der Waals surface area contributed by atoms with Gasteiger partial charge in [0.25, 0.3) is 0 Å². The summed E-state index contributed by atoms with van der Waals surface area (Å²) in [7, 11) is 5.08. The van der Waals surface area contributed by atoms with Crippen molar-refractivity contribution < 1.29 is 38.1 Å². The number of hydrazone groups is 2. The summed E-state index contributed by atoms with van der Waals surface area (Å²) in [6.07, 6.45) is 7.45. The fourth-order valence-electron chi connectivity index (χ4n) is 11.0. The van der Waals surface area contributed by atoms with Gasteiger partial charge >= 0.3 is 23.9 Å². The van der Waals surface area contributed by atoms with Gasteiger partial charge in [0.2, 0.25) is 0 Å². The highest BCUT2D eigenvalue weighted by atomic mass is 16.5. The van der Waals surface area contributed by atoms with Crippen molar-refractivity contribution in [3.63, 3.8) is 0 Å². The van der Waals surface area contributed by atoms with E-state index in [1.165, 1.54) is 38.5 Å². The molecule has 10 rings (SSSR count). The lowest BCUT2D eigenvalue weighted by atomic mass is 9.61. The van der Waals surface area contributed by atoms with Crippen LogP contribution < -0.4 is 0 Å². The Hall–Kier alpha value is -7.34. The van der Waals surface area contributed by atoms with Gasteiger partial charge in [-0.3, -0.25) is 0 Å². The summed E-state index contributed by atoms with van der Waals surface area (Å²) in [6, 6.07) is 31.2. The zero-order valence-corrected chi connectivity index (χ0v) is 33.6. The molecule has 0 bridgehead atoms. The Kier molecular flexibility index (Phi) is 7.75. The van der Waals surface area contributed by atoms with E-state index in [9.17, 15) is 19.2 Å². The van der Waals surface area contributed by atoms with E-state index in [1.807, 2.05) is 123 Å². The molecule has 0 N–H and O–H groups in total. The van der Waals surface area contributed by atoms with E-state index in [0.29, 0.717) is 11.4 Å². The van der Waals surface area contributed by atoms with E-state index in [1.54, 1.807) is 12.2 Å². The smallest absolute Gasteiger partial charge is 0.356 e. The van der Waals surface area contributed by atoms with E-state index in [0.717, 1.165) is 44.5 Å². The third-order valence-corrected chi connectivity index (χ3v) is 13.3. The van der Waals surface area contributed by atoms with Gasteiger partial charge in [-0.2, -0.15) is 10.2 Å². The Labute approximate surface area is 345 Å². The molecule has 12 nitrogen and oxygen atoms in total. The number of fused-ring (bicyclic) bond motifs is 14. The Morgan fingerprint density at radius 2 is 0.733 bits per heavy atom. The van der Waals surface area contributed by atoms with Gasteiger partial charge in [0.05, 0.1) is 61.5 Å². The lowest BCUT2D eigenvalue weighted by Crippen LogP contribution is -2.56. The standard InChI is InChI=1S/C48H38N4O8/c1-45-25-23-35(49-51(45)39(43(55)59-5)37(41(53)57-3)47(45)31-19-11-7-15-27(31)28-16-8-12-20-32(28)47)36-24-26-46(2)48(38(42(54)58-4)40(44(56)60-6)52(46)50-36)33-21-13-9-17-29(33)30-18-10-14-22-34(30)48/h7-26H,1-6H3/t45-,46+. The molecular formula is C48H38N4O8. The van der Waals surface area contributed by atoms with E-state index in [4.69, 9.17) is 29.2 Å². The minimum atomic E-state index is -1.27. The zero-order valence-electron chi connectivity index (χ0n) is 33.6. The second-order valence-corrected chi connectivity index (χ2v) is 15.7. The molecule has 0 amide bonds. The first-order chi connectivity index (χ1) is 29.0. The molecular weight excluding hydrogens is 761 g/mol. The van der Waals surface area contributed by atoms with Crippen LogP contribution >= 0.6 is 0 Å². The van der Waals surface area contributed by atoms with Crippen LogP contribution in [0.25, 0.3) is 22.3 Å². The number of ether oxygens (including phenoxy) is 4. The quantitative estimate of drug-likeness (QED) is 0.172. The Bertz CT molecular complexity index is 2580. The number of allylic oxidation sites excluding steroid dienone is 2. The van der Waals surface area contributed by atoms with Crippen molar-refractivity contribution in [2.75, 3.05) is 28.4 Å². The van der Waals surface area contributed by atoms with Crippen LogP contribution in [-0.2, 0) is 49.0 Å². The maximum atomic E-state index is 14.3. The average Bonchev–Trinajstić information content (AvgIpc) is 3.92. The Balaban J connectivity index is 1.21. The molecule has 0 fully saturated rings. The van der Waals surface area contributed by atoms with Gasteiger partial charge in [0.1, 0.15) is 11.4 Å². The SMILES string of the molecule is COC(=O)C1=C(C(=O)OC)C2(c3ccccc3-c3ccccc32)[C@@]2(C)C=CC(C3=NN4C(C(=O)OC)=C(C(=O)OC)C5(c6ccccc6-c6ccccc65)[C@]4(C)C=C3)=NN12. The summed E-state index contributed by atoms with van der Waals surface area (Å²) in [5.41, 5.74) is 2.46. The topological polar surface area (TPSA) is 136 Å². The summed E-state index contributed by atoms with van der Waals surface area (Å²) in [4.78, 5) is 56.8. The third kappa shape index (κ3) is 4.10. The van der Waals surface area contributed by atoms with Crippen molar-refractivity contribution in [1.29, 1.82) is 0 Å². The third-order valence-electron chi connectivity index (χ3n) is 13.3. The highest BCUT2D eigenvalue weighted by Gasteiger charge is 2.71. The molecule has 0 aromatic heterocycles. The summed E-state index contributed by atoms with van der Waals surface area (Å²) in [5.74, 6) is -3.00. The number of esters is 4. The Morgan fingerprint density at radius 3 is 1.02 bits per heavy atom. The second kappa shape index (κ2) is 12.6. The van der Waals surface area contributed by atoms with Crippen LogP contribution in [-0.4, -0.2) is 84.8 Å². The molecule has 0 radical (unpaired) electrons. The van der Waals surface area contributed by atoms with Gasteiger partial charge in [0, 0.05) is 0 Å². The molecule has 4 aromatic rings. The average molecular weight is 799 g/mol. The van der Waals surface area contributed by atoms with Crippen LogP contribution in [0.1, 0.15) is 36.1 Å². The predicted molar refractivity (Wildman–Crippen MR) is 221 cm³/mol. The molecule has 0 unspecified atom stereocenters. The van der Waals surface area contributed by atoms with E-state index in [2.05, 4.69) is 0 Å². The lowest BCUT2D eigenvalue weighted by molar-refractivity contribution is -0.140. The molecule has 12 heteroatoms. The molecule has 0 saturated heterocycles. The molecule has 4 aromatic carbocycles. The molecule has 0 saturated carbocycles. The van der Waals surface area contributed by atoms with Crippen LogP contribution in [0.15, 0.2) is 154 Å². The largest absolute Gasteiger partial charge is 0.466 e. The molecule has 2 spiro atoms. The number of hydrogen-bond acceptors (Lipinski definition) is 12. The molecule has 6 aliphatic rings. The summed E-state index contributed by atoms with van der Waals surface area (Å²) >= 11 is 0. The minimum Gasteiger partial charge on any atom is -0.466 e. The summed E-state index contributed by atoms with van der Waals surface area (Å²) in [5, 5.41) is 13.4. The van der Waals surface area contributed by atoms with Crippen LogP contribution in [0.2, 0.25) is 0 Å². The number of methoxy groups -OCH3 is 4. The van der Waals surface area contributed by atoms with Crippen LogP contribution in [0.4, 0.5) is 0 Å². The fraction of sp³-hybridized carbons (Fsp3) is 0.208. The minimum absolute atomic E-state index is 0.0822. The first-order valence-electron chi connectivity index (χ1n) is 19.4. The monoisotopic (exact) mass is 798 g/mol. The van der Waals surface area contributed by atoms with Crippen molar-refractivity contribution in [2.45, 2.75) is 35.8 Å². The first-order valence-corrected chi connectivity index (χ1v) is 19.4. The predicted octanol–water partition coefficient (Wildman–Crippen LogP) is 6.12. The van der Waals surface area contributed by atoms with Crippen molar-refractivity contribution in [3.05, 3.63) is 166 Å². The highest BCUT2D eigenvalue weighted by Crippen LogP contribution is 2.67. The van der Waals surface area contributed by atoms with Gasteiger partial charge in [0.15, 0.2) is 11.4 Å². The molecule has 2 atom stereocenters. The fourth-order valence-corrected chi connectivity index (χ4v) is 11.0. The summed E-state index contributed by atoms with van der Waals surface area (Å²) < 4.78 is 21.7. The van der Waals surface area contributed by atoms with Crippen molar-refractivity contribution in [2.24, 2.45) is 10.2 Å². The van der Waals surface area contributed by atoms with Crippen molar-refractivity contribution in [3.8, 4) is 22.3 Å². The number of carbonyl (C=O) groups is 4. The molecule has 298 valence electrons. The summed E-state index contributed by atoms with van der Waals surface area (Å²) in [6.45, 7) is 3.86. The molecule has 4 aliphatic heterocycles. The second-order valence-electron chi connectivity index (χ2n) is 15.7. The maximum absolute atomic E-state index is 14.3. The van der Waals surface area contributed by atoms with Gasteiger partial charge in [-0.25, -0.2) is 29.2 Å². The first kappa shape index (κ1) is 37.0. The van der Waals surface area contributed by atoms with E-state index >= 15 is 0 Å². The number of benzene rings is 4. The van der Waals surface area contributed by atoms with Crippen LogP contribution in [0.5, 0.6) is 0 Å². The molecule has 2 aliphatic carbocycles. The van der Waals surface area contributed by atoms with Gasteiger partial charge < -0.3 is 18.9 Å².